The second-order valence-electron chi connectivity index (χ2n) is 15.2. The lowest BCUT2D eigenvalue weighted by Crippen LogP contribution is -2.44. The molecule has 1 saturated carbocycles. The summed E-state index contributed by atoms with van der Waals surface area (Å²) in [5.74, 6) is -4.41. The van der Waals surface area contributed by atoms with Crippen LogP contribution in [-0.2, 0) is 63.8 Å². The van der Waals surface area contributed by atoms with Gasteiger partial charge in [0.15, 0.2) is 0 Å². The van der Waals surface area contributed by atoms with E-state index in [-0.39, 0.29) is 35.0 Å². The summed E-state index contributed by atoms with van der Waals surface area (Å²) in [5.41, 5.74) is 0.622. The highest BCUT2D eigenvalue weighted by molar-refractivity contribution is 5.92. The second-order valence-corrected chi connectivity index (χ2v) is 15.2. The minimum Gasteiger partial charge on any atom is -0.493 e. The van der Waals surface area contributed by atoms with Crippen molar-refractivity contribution in [2.24, 2.45) is 11.3 Å². The van der Waals surface area contributed by atoms with Crippen molar-refractivity contribution in [3.8, 4) is 16.9 Å². The number of hydrogen-bond donors (Lipinski definition) is 0. The predicted molar refractivity (Wildman–Crippen MR) is 223 cm³/mol. The number of ether oxygens (including phenoxy) is 7. The summed E-state index contributed by atoms with van der Waals surface area (Å²) in [6.07, 6.45) is 12.5. The van der Waals surface area contributed by atoms with Crippen LogP contribution in [0.3, 0.4) is 0 Å². The smallest absolute Gasteiger partial charge is 0.333 e. The highest BCUT2D eigenvalue weighted by Gasteiger charge is 2.37. The van der Waals surface area contributed by atoms with Gasteiger partial charge in [0.05, 0.1) is 14.2 Å². The third-order valence-corrected chi connectivity index (χ3v) is 10.2. The summed E-state index contributed by atoms with van der Waals surface area (Å²) in [6.45, 7) is 9.89. The molecule has 0 spiro atoms. The largest absolute Gasteiger partial charge is 0.493 e. The summed E-state index contributed by atoms with van der Waals surface area (Å²) in [7, 11) is 2.24. The molecule has 0 atom stereocenters. The van der Waals surface area contributed by atoms with E-state index < -0.39 is 73.5 Å². The number of carbonyl (C=O) groups is 6. The molecule has 0 aliphatic heterocycles. The Hall–Kier alpha value is -6.05. The van der Waals surface area contributed by atoms with Gasteiger partial charge in [-0.25, -0.2) is 33.2 Å². The number of unbranched alkanes of at least 4 members (excludes halogenated alkanes) is 2. The van der Waals surface area contributed by atoms with E-state index in [2.05, 4.69) is 29.6 Å². The van der Waals surface area contributed by atoms with Crippen LogP contribution in [-0.4, -0.2) is 76.5 Å². The Morgan fingerprint density at radius 3 is 1.77 bits per heavy atom. The van der Waals surface area contributed by atoms with Gasteiger partial charge in [0.1, 0.15) is 50.0 Å². The zero-order valence-corrected chi connectivity index (χ0v) is 35.7. The maximum atomic E-state index is 16.1. The zero-order valence-electron chi connectivity index (χ0n) is 35.7. The first-order valence-corrected chi connectivity index (χ1v) is 20.2. The molecule has 0 aromatic heterocycles. The summed E-state index contributed by atoms with van der Waals surface area (Å²) in [6, 6.07) is 9.94. The Kier molecular flexibility index (Phi) is 20.1. The number of methoxy groups -OCH3 is 2. The molecule has 2 aromatic carbocycles. The number of benzene rings is 2. The van der Waals surface area contributed by atoms with Crippen molar-refractivity contribution < 1.29 is 66.3 Å². The monoisotopic (exact) mass is 848 g/mol. The normalized spacial score (nSPS) is 15.1. The Morgan fingerprint density at radius 2 is 1.23 bits per heavy atom. The van der Waals surface area contributed by atoms with E-state index in [0.29, 0.717) is 17.0 Å². The predicted octanol–water partition coefficient (Wildman–Crippen LogP) is 8.00. The second kappa shape index (κ2) is 24.9. The van der Waals surface area contributed by atoms with E-state index in [1.807, 2.05) is 6.07 Å². The number of esters is 6. The molecule has 1 aliphatic carbocycles. The van der Waals surface area contributed by atoms with E-state index in [0.717, 1.165) is 69.8 Å². The first-order chi connectivity index (χ1) is 29.1. The first-order valence-electron chi connectivity index (χ1n) is 20.2. The van der Waals surface area contributed by atoms with E-state index >= 15 is 4.39 Å². The molecule has 61 heavy (non-hydrogen) atoms. The first kappa shape index (κ1) is 49.3. The van der Waals surface area contributed by atoms with Crippen LogP contribution in [0.15, 0.2) is 85.0 Å². The van der Waals surface area contributed by atoms with Gasteiger partial charge < -0.3 is 33.2 Å². The topological polar surface area (TPSA) is 167 Å². The van der Waals surface area contributed by atoms with Crippen LogP contribution < -0.4 is 4.74 Å². The average Bonchev–Trinajstić information content (AvgIpc) is 3.26. The maximum absolute atomic E-state index is 16.1. The molecule has 1 aliphatic rings. The summed E-state index contributed by atoms with van der Waals surface area (Å²) in [4.78, 5) is 73.5. The van der Waals surface area contributed by atoms with Gasteiger partial charge in [-0.05, 0) is 80.7 Å². The molecule has 0 heterocycles. The fraction of sp³-hybridized carbons (Fsp3) is 0.447. The molecule has 13 nitrogen and oxygen atoms in total. The maximum Gasteiger partial charge on any atom is 0.333 e. The fourth-order valence-corrected chi connectivity index (χ4v) is 6.56. The van der Waals surface area contributed by atoms with Crippen molar-refractivity contribution in [3.05, 3.63) is 102 Å². The average molecular weight is 849 g/mol. The van der Waals surface area contributed by atoms with Gasteiger partial charge in [-0.1, -0.05) is 64.0 Å². The Labute approximate surface area is 356 Å². The van der Waals surface area contributed by atoms with Crippen molar-refractivity contribution in [2.75, 3.05) is 40.6 Å². The minimum absolute atomic E-state index is 0.0424. The van der Waals surface area contributed by atoms with Crippen LogP contribution in [0.1, 0.15) is 89.2 Å². The van der Waals surface area contributed by atoms with Crippen molar-refractivity contribution in [1.29, 1.82) is 0 Å². The van der Waals surface area contributed by atoms with Crippen LogP contribution in [0.4, 0.5) is 4.39 Å². The molecule has 330 valence electrons. The quantitative estimate of drug-likeness (QED) is 0.0457. The van der Waals surface area contributed by atoms with Gasteiger partial charge in [0, 0.05) is 46.6 Å². The van der Waals surface area contributed by atoms with Gasteiger partial charge in [0.25, 0.3) is 0 Å². The van der Waals surface area contributed by atoms with Crippen LogP contribution in [0, 0.1) is 17.2 Å². The highest BCUT2D eigenvalue weighted by atomic mass is 19.1. The lowest BCUT2D eigenvalue weighted by molar-refractivity contribution is -0.159. The van der Waals surface area contributed by atoms with E-state index in [4.69, 9.17) is 23.7 Å². The molecule has 0 saturated heterocycles. The fourth-order valence-electron chi connectivity index (χ4n) is 6.56. The van der Waals surface area contributed by atoms with Crippen LogP contribution in [0.25, 0.3) is 11.1 Å². The minimum atomic E-state index is -1.61. The molecule has 2 aromatic rings. The molecule has 0 bridgehead atoms. The van der Waals surface area contributed by atoms with Gasteiger partial charge in [-0.15, -0.1) is 0 Å². The van der Waals surface area contributed by atoms with Gasteiger partial charge in [-0.3, -0.25) is 0 Å². The van der Waals surface area contributed by atoms with Gasteiger partial charge in [0.2, 0.25) is 0 Å². The molecule has 0 amide bonds. The Bertz CT molecular complexity index is 1910. The van der Waals surface area contributed by atoms with Crippen molar-refractivity contribution in [2.45, 2.75) is 84.7 Å². The lowest BCUT2D eigenvalue weighted by Gasteiger charge is -2.32. The third-order valence-electron chi connectivity index (χ3n) is 10.2. The molecule has 1 fully saturated rings. The summed E-state index contributed by atoms with van der Waals surface area (Å²) < 4.78 is 53.0. The molecular weight excluding hydrogens is 792 g/mol. The lowest BCUT2D eigenvalue weighted by atomic mass is 9.77. The molecule has 0 unspecified atom stereocenters. The molecule has 14 heteroatoms. The number of hydrogen-bond acceptors (Lipinski definition) is 13. The van der Waals surface area contributed by atoms with Crippen LogP contribution in [0.2, 0.25) is 0 Å². The van der Waals surface area contributed by atoms with E-state index in [1.54, 1.807) is 24.3 Å². The SMILES string of the molecule is C=C(C)C(=O)OCc1cc(OCC(COC(=O)/C=C/C(=O)OC)(COC(=O)/C=C/C(=O)OC)COC(=O)C(=C)C)ccc1-c1ccc(C2CCC(CCCCC)CC2)cc1F. The Morgan fingerprint density at radius 1 is 0.689 bits per heavy atom. The summed E-state index contributed by atoms with van der Waals surface area (Å²) >= 11 is 0. The molecular formula is C47H57FO13. The van der Waals surface area contributed by atoms with Gasteiger partial charge >= 0.3 is 35.8 Å². The highest BCUT2D eigenvalue weighted by Crippen LogP contribution is 2.40. The van der Waals surface area contributed by atoms with Gasteiger partial charge in [-0.2, -0.15) is 0 Å². The van der Waals surface area contributed by atoms with Crippen molar-refractivity contribution in [1.82, 2.24) is 0 Å². The third kappa shape index (κ3) is 16.5. The van der Waals surface area contributed by atoms with Crippen molar-refractivity contribution in [3.63, 3.8) is 0 Å². The van der Waals surface area contributed by atoms with Crippen molar-refractivity contribution >= 4 is 35.8 Å². The molecule has 0 radical (unpaired) electrons. The molecule has 3 rings (SSSR count). The van der Waals surface area contributed by atoms with Crippen LogP contribution >= 0.6 is 0 Å². The number of carbonyl (C=O) groups excluding carboxylic acids is 6. The summed E-state index contributed by atoms with van der Waals surface area (Å²) in [5, 5.41) is 0. The zero-order chi connectivity index (χ0) is 45.0. The van der Waals surface area contributed by atoms with E-state index in [9.17, 15) is 28.8 Å². The number of rotatable bonds is 23. The van der Waals surface area contributed by atoms with Crippen LogP contribution in [0.5, 0.6) is 5.75 Å². The Balaban J connectivity index is 1.97. The molecule has 0 N–H and O–H groups in total. The van der Waals surface area contributed by atoms with E-state index in [1.165, 1.54) is 45.6 Å². The number of halogens is 1. The standard InChI is InChI=1S/C47H57FO13/c1-8-9-10-11-33-12-14-34(15-13-33)35-16-18-39(40(48)25-35)38-19-17-37(24-36(38)26-57-45(53)31(2)3)58-27-47(30-61-46(54)32(4)5,28-59-43(51)22-20-41(49)55-6)29-60-44(52)23-21-42(50)56-7/h16-25,33-34H,2,4,8-15,26-30H2,1,3,5-7H3/b22-20+,23-21+.